The van der Waals surface area contributed by atoms with Crippen LogP contribution in [0.2, 0.25) is 0 Å². The van der Waals surface area contributed by atoms with E-state index in [1.54, 1.807) is 26.1 Å². The lowest BCUT2D eigenvalue weighted by Crippen LogP contribution is -2.50. The third kappa shape index (κ3) is 5.52. The summed E-state index contributed by atoms with van der Waals surface area (Å²) in [5.41, 5.74) is 2.45. The molecule has 34 heavy (non-hydrogen) atoms. The molecule has 1 saturated heterocycles. The van der Waals surface area contributed by atoms with E-state index < -0.39 is 21.3 Å². The number of carboxylic acid groups (broad SMARTS) is 1. The van der Waals surface area contributed by atoms with E-state index >= 15 is 0 Å². The van der Waals surface area contributed by atoms with Crippen LogP contribution >= 0.6 is 0 Å². The van der Waals surface area contributed by atoms with Gasteiger partial charge in [-0.3, -0.25) is 4.98 Å². The van der Waals surface area contributed by atoms with E-state index in [1.165, 1.54) is 4.90 Å². The lowest BCUT2D eigenvalue weighted by Gasteiger charge is -2.44. The number of hydrogen-bond acceptors (Lipinski definition) is 6. The number of fused-ring (bicyclic) bond motifs is 1. The maximum atomic E-state index is 12.5. The van der Waals surface area contributed by atoms with Crippen molar-refractivity contribution in [2.45, 2.75) is 50.9 Å². The van der Waals surface area contributed by atoms with Crippen molar-refractivity contribution in [1.29, 1.82) is 0 Å². The van der Waals surface area contributed by atoms with Crippen LogP contribution in [-0.4, -0.2) is 65.7 Å². The van der Waals surface area contributed by atoms with Gasteiger partial charge in [-0.2, -0.15) is 0 Å². The molecule has 1 aromatic carbocycles. The van der Waals surface area contributed by atoms with Crippen LogP contribution in [0.25, 0.3) is 11.3 Å². The molecule has 1 aromatic heterocycles. The molecule has 0 bridgehead atoms. The first-order valence-electron chi connectivity index (χ1n) is 11.6. The molecule has 1 spiro atoms. The highest BCUT2D eigenvalue weighted by atomic mass is 32.2. The van der Waals surface area contributed by atoms with Gasteiger partial charge < -0.3 is 19.8 Å². The minimum Gasteiger partial charge on any atom is -0.487 e. The second kappa shape index (κ2) is 9.19. The van der Waals surface area contributed by atoms with Crippen molar-refractivity contribution in [2.24, 2.45) is 5.41 Å². The zero-order chi connectivity index (χ0) is 24.6. The number of aromatic nitrogens is 1. The lowest BCUT2D eigenvalue weighted by molar-refractivity contribution is -0.0103. The second-order valence-corrected chi connectivity index (χ2v) is 12.3. The van der Waals surface area contributed by atoms with Gasteiger partial charge in [0.1, 0.15) is 11.4 Å². The Balaban J connectivity index is 1.43. The number of aliphatic hydroxyl groups is 1. The molecule has 2 N–H and O–H groups in total. The van der Waals surface area contributed by atoms with Crippen molar-refractivity contribution < 1.29 is 28.2 Å². The van der Waals surface area contributed by atoms with E-state index in [2.05, 4.69) is 11.1 Å². The number of likely N-dealkylation sites (tertiary alicyclic amines) is 1. The van der Waals surface area contributed by atoms with Crippen molar-refractivity contribution in [3.8, 4) is 17.0 Å². The van der Waals surface area contributed by atoms with Gasteiger partial charge in [0.15, 0.2) is 9.84 Å². The van der Waals surface area contributed by atoms with Gasteiger partial charge in [-0.15, -0.1) is 0 Å². The summed E-state index contributed by atoms with van der Waals surface area (Å²) >= 11 is 0. The molecule has 8 nitrogen and oxygen atoms in total. The van der Waals surface area contributed by atoms with Gasteiger partial charge in [0, 0.05) is 49.7 Å². The lowest BCUT2D eigenvalue weighted by atomic mass is 9.83. The Kier molecular flexibility index (Phi) is 6.61. The Hall–Kier alpha value is -2.65. The molecule has 0 atom stereocenters. The molecule has 1 amide bonds. The quantitative estimate of drug-likeness (QED) is 0.639. The predicted octanol–water partition coefficient (Wildman–Crippen LogP) is 3.52. The number of pyridine rings is 1. The predicted molar refractivity (Wildman–Crippen MR) is 129 cm³/mol. The first-order valence-corrected chi connectivity index (χ1v) is 13.4. The van der Waals surface area contributed by atoms with Crippen LogP contribution in [-0.2, 0) is 22.0 Å². The molecule has 0 aliphatic carbocycles. The van der Waals surface area contributed by atoms with Crippen LogP contribution in [0, 0.1) is 5.41 Å². The van der Waals surface area contributed by atoms with E-state index in [9.17, 15) is 23.4 Å². The van der Waals surface area contributed by atoms with Gasteiger partial charge in [-0.05, 0) is 48.2 Å². The van der Waals surface area contributed by atoms with Crippen molar-refractivity contribution in [3.63, 3.8) is 0 Å². The Morgan fingerprint density at radius 1 is 1.18 bits per heavy atom. The van der Waals surface area contributed by atoms with Crippen LogP contribution in [0.5, 0.6) is 5.75 Å². The summed E-state index contributed by atoms with van der Waals surface area (Å²) in [6, 6.07) is 9.58. The molecule has 184 valence electrons. The van der Waals surface area contributed by atoms with Gasteiger partial charge in [-0.1, -0.05) is 19.9 Å². The summed E-state index contributed by atoms with van der Waals surface area (Å²) in [4.78, 5) is 17.1. The number of carbonyl (C=O) groups is 1. The van der Waals surface area contributed by atoms with E-state index in [1.807, 2.05) is 18.2 Å². The molecule has 0 radical (unpaired) electrons. The number of rotatable bonds is 6. The van der Waals surface area contributed by atoms with Crippen molar-refractivity contribution in [3.05, 3.63) is 47.7 Å². The molecule has 0 unspecified atom stereocenters. The van der Waals surface area contributed by atoms with Crippen LogP contribution in [0.1, 0.15) is 44.2 Å². The molecule has 1 fully saturated rings. The minimum atomic E-state index is -3.37. The molecule has 0 saturated carbocycles. The first-order chi connectivity index (χ1) is 16.0. The normalized spacial score (nSPS) is 17.8. The van der Waals surface area contributed by atoms with Crippen LogP contribution in [0.3, 0.4) is 0 Å². The number of piperidine rings is 1. The average Bonchev–Trinajstić information content (AvgIpc) is 2.78. The number of ether oxygens (including phenoxy) is 1. The second-order valence-electron chi connectivity index (χ2n) is 10.3. The molecule has 2 aromatic rings. The number of benzene rings is 1. The summed E-state index contributed by atoms with van der Waals surface area (Å²) in [5.74, 6) is 0.648. The SMILES string of the molecule is CC(C)(CO)CS(=O)(=O)Cc1ccc(-c2ccc3c(c2)CCC2(CCN(C(=O)O)CC2)O3)nc1. The maximum absolute atomic E-state index is 12.5. The van der Waals surface area contributed by atoms with Gasteiger partial charge in [0.25, 0.3) is 0 Å². The number of amides is 1. The third-order valence-corrected chi connectivity index (χ3v) is 8.72. The van der Waals surface area contributed by atoms with Gasteiger partial charge in [0.05, 0.1) is 17.2 Å². The molecule has 9 heteroatoms. The smallest absolute Gasteiger partial charge is 0.407 e. The van der Waals surface area contributed by atoms with Crippen LogP contribution in [0.15, 0.2) is 36.5 Å². The summed E-state index contributed by atoms with van der Waals surface area (Å²) < 4.78 is 31.3. The van der Waals surface area contributed by atoms with Crippen LogP contribution < -0.4 is 4.74 Å². The number of hydrogen-bond donors (Lipinski definition) is 2. The number of aryl methyl sites for hydroxylation is 1. The zero-order valence-corrected chi connectivity index (χ0v) is 20.5. The third-order valence-electron chi connectivity index (χ3n) is 6.73. The molecular weight excluding hydrogens is 456 g/mol. The fourth-order valence-corrected chi connectivity index (χ4v) is 6.83. The number of sulfone groups is 1. The van der Waals surface area contributed by atoms with E-state index in [4.69, 9.17) is 4.74 Å². The molecule has 4 rings (SSSR count). The zero-order valence-electron chi connectivity index (χ0n) is 19.7. The fraction of sp³-hybridized carbons (Fsp3) is 0.520. The summed E-state index contributed by atoms with van der Waals surface area (Å²) in [7, 11) is -3.37. The Bertz CT molecular complexity index is 1150. The minimum absolute atomic E-state index is 0.0844. The number of nitrogens with zero attached hydrogens (tertiary/aromatic N) is 2. The van der Waals surface area contributed by atoms with E-state index in [0.29, 0.717) is 31.5 Å². The molecule has 2 aliphatic rings. The molecular formula is C25H32N2O6S. The average molecular weight is 489 g/mol. The highest BCUT2D eigenvalue weighted by molar-refractivity contribution is 7.90. The Labute approximate surface area is 200 Å². The first kappa shape index (κ1) is 24.5. The molecule has 3 heterocycles. The molecule has 2 aliphatic heterocycles. The van der Waals surface area contributed by atoms with Gasteiger partial charge in [0.2, 0.25) is 0 Å². The maximum Gasteiger partial charge on any atom is 0.407 e. The van der Waals surface area contributed by atoms with E-state index in [0.717, 1.165) is 35.4 Å². The summed E-state index contributed by atoms with van der Waals surface area (Å²) in [6.07, 6.45) is 3.82. The largest absolute Gasteiger partial charge is 0.487 e. The Morgan fingerprint density at radius 2 is 1.91 bits per heavy atom. The van der Waals surface area contributed by atoms with E-state index in [-0.39, 0.29) is 23.7 Å². The van der Waals surface area contributed by atoms with Crippen molar-refractivity contribution >= 4 is 15.9 Å². The fourth-order valence-electron chi connectivity index (χ4n) is 4.76. The highest BCUT2D eigenvalue weighted by Crippen LogP contribution is 2.40. The highest BCUT2D eigenvalue weighted by Gasteiger charge is 2.40. The summed E-state index contributed by atoms with van der Waals surface area (Å²) in [6.45, 7) is 4.25. The van der Waals surface area contributed by atoms with Gasteiger partial charge >= 0.3 is 6.09 Å². The van der Waals surface area contributed by atoms with Crippen molar-refractivity contribution in [1.82, 2.24) is 9.88 Å². The topological polar surface area (TPSA) is 117 Å². The number of aliphatic hydroxyl groups excluding tert-OH is 1. The van der Waals surface area contributed by atoms with Crippen molar-refractivity contribution in [2.75, 3.05) is 25.4 Å². The standard InChI is InChI=1S/C25H32N2O6S/c1-24(2,16-28)17-34(31,32)15-18-3-5-21(26-14-18)19-4-6-22-20(13-19)7-8-25(33-22)9-11-27(12-10-25)23(29)30/h3-6,13-14,28H,7-12,15-17H2,1-2H3,(H,29,30). The van der Waals surface area contributed by atoms with Gasteiger partial charge in [-0.25, -0.2) is 13.2 Å². The monoisotopic (exact) mass is 488 g/mol. The summed E-state index contributed by atoms with van der Waals surface area (Å²) in [5, 5.41) is 18.6. The van der Waals surface area contributed by atoms with Crippen LogP contribution in [0.4, 0.5) is 4.79 Å². The Morgan fingerprint density at radius 3 is 2.53 bits per heavy atom.